The number of hydrogen-bond acceptors (Lipinski definition) is 5. The quantitative estimate of drug-likeness (QED) is 0.773. The molecule has 1 amide bonds. The molecule has 1 atom stereocenters. The van der Waals surface area contributed by atoms with Crippen LogP contribution in [0.3, 0.4) is 0 Å². The molecule has 0 spiro atoms. The molecule has 8 heteroatoms. The van der Waals surface area contributed by atoms with Crippen LogP contribution in [0.15, 0.2) is 47.4 Å². The fourth-order valence-electron chi connectivity index (χ4n) is 2.46. The SMILES string of the molecule is COc1ccc(OC)c(C(C)NS(=O)(=O)c2ccc(NC(C)=O)cc2)c1. The number of sulfonamides is 1. The first-order valence-electron chi connectivity index (χ1n) is 7.88. The molecule has 2 rings (SSSR count). The Bertz CT molecular complexity index is 879. The molecule has 140 valence electrons. The van der Waals surface area contributed by atoms with Crippen LogP contribution in [0.1, 0.15) is 25.5 Å². The summed E-state index contributed by atoms with van der Waals surface area (Å²) >= 11 is 0. The summed E-state index contributed by atoms with van der Waals surface area (Å²) in [5, 5.41) is 2.59. The van der Waals surface area contributed by atoms with Gasteiger partial charge >= 0.3 is 0 Å². The van der Waals surface area contributed by atoms with Gasteiger partial charge in [0.15, 0.2) is 0 Å². The van der Waals surface area contributed by atoms with E-state index in [9.17, 15) is 13.2 Å². The van der Waals surface area contributed by atoms with Crippen LogP contribution in [0.25, 0.3) is 0 Å². The summed E-state index contributed by atoms with van der Waals surface area (Å²) in [6.07, 6.45) is 0. The summed E-state index contributed by atoms with van der Waals surface area (Å²) in [5.41, 5.74) is 1.18. The number of rotatable bonds is 7. The molecule has 0 aliphatic carbocycles. The van der Waals surface area contributed by atoms with Crippen molar-refractivity contribution in [2.24, 2.45) is 0 Å². The molecule has 0 aliphatic heterocycles. The minimum Gasteiger partial charge on any atom is -0.497 e. The van der Waals surface area contributed by atoms with Crippen LogP contribution in [-0.4, -0.2) is 28.5 Å². The summed E-state index contributed by atoms with van der Waals surface area (Å²) < 4.78 is 38.4. The van der Waals surface area contributed by atoms with Crippen molar-refractivity contribution in [3.8, 4) is 11.5 Å². The van der Waals surface area contributed by atoms with Gasteiger partial charge in [-0.3, -0.25) is 4.79 Å². The number of carbonyl (C=O) groups excluding carboxylic acids is 1. The van der Waals surface area contributed by atoms with Crippen LogP contribution in [0, 0.1) is 0 Å². The van der Waals surface area contributed by atoms with E-state index >= 15 is 0 Å². The van der Waals surface area contributed by atoms with Crippen molar-refractivity contribution in [3.63, 3.8) is 0 Å². The van der Waals surface area contributed by atoms with E-state index in [-0.39, 0.29) is 10.8 Å². The van der Waals surface area contributed by atoms with Crippen molar-refractivity contribution in [2.45, 2.75) is 24.8 Å². The molecule has 2 aromatic rings. The van der Waals surface area contributed by atoms with Gasteiger partial charge in [0.05, 0.1) is 19.1 Å². The Balaban J connectivity index is 2.24. The largest absolute Gasteiger partial charge is 0.497 e. The van der Waals surface area contributed by atoms with Gasteiger partial charge in [0.25, 0.3) is 0 Å². The van der Waals surface area contributed by atoms with Gasteiger partial charge in [0.2, 0.25) is 15.9 Å². The normalized spacial score (nSPS) is 12.3. The van der Waals surface area contributed by atoms with Crippen LogP contribution >= 0.6 is 0 Å². The number of ether oxygens (including phenoxy) is 2. The Kier molecular flexibility index (Phi) is 6.23. The zero-order valence-electron chi connectivity index (χ0n) is 15.1. The average molecular weight is 378 g/mol. The highest BCUT2D eigenvalue weighted by Crippen LogP contribution is 2.30. The smallest absolute Gasteiger partial charge is 0.241 e. The summed E-state index contributed by atoms with van der Waals surface area (Å²) in [5.74, 6) is 0.936. The zero-order valence-corrected chi connectivity index (χ0v) is 15.9. The predicted octanol–water partition coefficient (Wildman–Crippen LogP) is 2.70. The fraction of sp³-hybridized carbons (Fsp3) is 0.278. The molecule has 26 heavy (non-hydrogen) atoms. The lowest BCUT2D eigenvalue weighted by Gasteiger charge is -2.18. The number of amides is 1. The molecule has 7 nitrogen and oxygen atoms in total. The monoisotopic (exact) mass is 378 g/mol. The maximum Gasteiger partial charge on any atom is 0.241 e. The van der Waals surface area contributed by atoms with Gasteiger partial charge in [-0.05, 0) is 49.4 Å². The summed E-state index contributed by atoms with van der Waals surface area (Å²) in [7, 11) is -0.697. The van der Waals surface area contributed by atoms with Crippen molar-refractivity contribution < 1.29 is 22.7 Å². The third-order valence-corrected chi connectivity index (χ3v) is 5.28. The average Bonchev–Trinajstić information content (AvgIpc) is 2.60. The van der Waals surface area contributed by atoms with Crippen LogP contribution < -0.4 is 19.5 Å². The summed E-state index contributed by atoms with van der Waals surface area (Å²) in [4.78, 5) is 11.1. The second kappa shape index (κ2) is 8.20. The second-order valence-electron chi connectivity index (χ2n) is 5.66. The Hall–Kier alpha value is -2.58. The lowest BCUT2D eigenvalue weighted by Crippen LogP contribution is -2.27. The minimum absolute atomic E-state index is 0.0975. The number of benzene rings is 2. The molecule has 0 fully saturated rings. The molecule has 0 heterocycles. The Morgan fingerprint density at radius 2 is 1.69 bits per heavy atom. The molecule has 2 N–H and O–H groups in total. The van der Waals surface area contributed by atoms with Gasteiger partial charge < -0.3 is 14.8 Å². The number of methoxy groups -OCH3 is 2. The topological polar surface area (TPSA) is 93.7 Å². The lowest BCUT2D eigenvalue weighted by atomic mass is 10.1. The van der Waals surface area contributed by atoms with E-state index in [4.69, 9.17) is 9.47 Å². The van der Waals surface area contributed by atoms with Gasteiger partial charge in [0, 0.05) is 24.2 Å². The van der Waals surface area contributed by atoms with Crippen molar-refractivity contribution in [3.05, 3.63) is 48.0 Å². The molecule has 0 radical (unpaired) electrons. The predicted molar refractivity (Wildman–Crippen MR) is 99.0 cm³/mol. The Morgan fingerprint density at radius 3 is 2.23 bits per heavy atom. The maximum absolute atomic E-state index is 12.6. The number of hydrogen-bond donors (Lipinski definition) is 2. The van der Waals surface area contributed by atoms with E-state index in [1.54, 1.807) is 25.1 Å². The van der Waals surface area contributed by atoms with Gasteiger partial charge in [0.1, 0.15) is 11.5 Å². The van der Waals surface area contributed by atoms with Crippen molar-refractivity contribution in [2.75, 3.05) is 19.5 Å². The number of nitrogens with one attached hydrogen (secondary N) is 2. The van der Waals surface area contributed by atoms with Crippen molar-refractivity contribution >= 4 is 21.6 Å². The molecule has 0 saturated carbocycles. The van der Waals surface area contributed by atoms with E-state index in [1.165, 1.54) is 45.4 Å². The number of anilines is 1. The minimum atomic E-state index is -3.76. The van der Waals surface area contributed by atoms with E-state index in [0.29, 0.717) is 22.7 Å². The maximum atomic E-state index is 12.6. The Labute approximate surface area is 153 Å². The second-order valence-corrected chi connectivity index (χ2v) is 7.37. The summed E-state index contributed by atoms with van der Waals surface area (Å²) in [6, 6.07) is 10.6. The third kappa shape index (κ3) is 4.74. The molecular formula is C18H22N2O5S. The van der Waals surface area contributed by atoms with Gasteiger partial charge in [-0.25, -0.2) is 13.1 Å². The first-order valence-corrected chi connectivity index (χ1v) is 9.37. The van der Waals surface area contributed by atoms with E-state index in [0.717, 1.165) is 0 Å². The molecule has 0 bridgehead atoms. The molecule has 2 aromatic carbocycles. The van der Waals surface area contributed by atoms with Gasteiger partial charge in [-0.15, -0.1) is 0 Å². The van der Waals surface area contributed by atoms with Crippen molar-refractivity contribution in [1.82, 2.24) is 4.72 Å². The highest BCUT2D eigenvalue weighted by atomic mass is 32.2. The molecule has 0 aromatic heterocycles. The summed E-state index contributed by atoms with van der Waals surface area (Å²) in [6.45, 7) is 3.11. The highest BCUT2D eigenvalue weighted by Gasteiger charge is 2.21. The fourth-order valence-corrected chi connectivity index (χ4v) is 3.69. The molecular weight excluding hydrogens is 356 g/mol. The Morgan fingerprint density at radius 1 is 1.04 bits per heavy atom. The highest BCUT2D eigenvalue weighted by molar-refractivity contribution is 7.89. The molecule has 1 unspecified atom stereocenters. The lowest BCUT2D eigenvalue weighted by molar-refractivity contribution is -0.114. The zero-order chi connectivity index (χ0) is 19.3. The van der Waals surface area contributed by atoms with E-state index in [2.05, 4.69) is 10.0 Å². The first kappa shape index (κ1) is 19.7. The van der Waals surface area contributed by atoms with Crippen LogP contribution in [-0.2, 0) is 14.8 Å². The standard InChI is InChI=1S/C18H22N2O5S/c1-12(17-11-15(24-3)7-10-18(17)25-4)20-26(22,23)16-8-5-14(6-9-16)19-13(2)21/h5-12,20H,1-4H3,(H,19,21). The third-order valence-electron chi connectivity index (χ3n) is 3.72. The first-order chi connectivity index (χ1) is 12.3. The van der Waals surface area contributed by atoms with Gasteiger partial charge in [-0.2, -0.15) is 0 Å². The molecule has 0 saturated heterocycles. The number of carbonyl (C=O) groups is 1. The molecule has 0 aliphatic rings. The van der Waals surface area contributed by atoms with Crippen molar-refractivity contribution in [1.29, 1.82) is 0 Å². The van der Waals surface area contributed by atoms with E-state index < -0.39 is 16.1 Å². The van der Waals surface area contributed by atoms with Gasteiger partial charge in [-0.1, -0.05) is 0 Å². The van der Waals surface area contributed by atoms with Crippen LogP contribution in [0.2, 0.25) is 0 Å². The van der Waals surface area contributed by atoms with Crippen LogP contribution in [0.4, 0.5) is 5.69 Å². The van der Waals surface area contributed by atoms with Crippen LogP contribution in [0.5, 0.6) is 11.5 Å². The van der Waals surface area contributed by atoms with E-state index in [1.807, 2.05) is 0 Å².